The van der Waals surface area contributed by atoms with E-state index in [2.05, 4.69) is 5.32 Å². The molecule has 0 aliphatic carbocycles. The third kappa shape index (κ3) is 4.76. The summed E-state index contributed by atoms with van der Waals surface area (Å²) in [5, 5.41) is 3.49. The molecule has 0 aliphatic heterocycles. The van der Waals surface area contributed by atoms with Crippen molar-refractivity contribution in [3.05, 3.63) is 59.1 Å². The number of hydrogen-bond donors (Lipinski definition) is 1. The van der Waals surface area contributed by atoms with Crippen molar-refractivity contribution in [2.75, 3.05) is 26.0 Å². The van der Waals surface area contributed by atoms with Gasteiger partial charge in [-0.3, -0.25) is 9.69 Å². The summed E-state index contributed by atoms with van der Waals surface area (Å²) in [7, 11) is 3.54. The minimum Gasteiger partial charge on any atom is -0.496 e. The number of nitrogens with one attached hydrogen (secondary N) is 1. The molecule has 0 fully saturated rings. The summed E-state index contributed by atoms with van der Waals surface area (Å²) in [6.07, 6.45) is 0. The van der Waals surface area contributed by atoms with E-state index in [1.807, 2.05) is 36.2 Å². The maximum atomic E-state index is 12.0. The van der Waals surface area contributed by atoms with Crippen molar-refractivity contribution in [1.82, 2.24) is 4.90 Å². The lowest BCUT2D eigenvalue weighted by atomic mass is 10.2. The minimum atomic E-state index is -0.0697. The Bertz CT molecular complexity index is 629. The third-order valence-electron chi connectivity index (χ3n) is 3.17. The Kier molecular flexibility index (Phi) is 5.81. The van der Waals surface area contributed by atoms with Gasteiger partial charge in [-0.2, -0.15) is 0 Å². The standard InChI is InChI=1S/C17H19ClN2O2/c1-20(11-13-5-3-4-6-16(13)22-2)12-17(21)19-15-9-7-14(18)8-10-15/h3-10H,11-12H2,1-2H3,(H,19,21). The van der Waals surface area contributed by atoms with E-state index < -0.39 is 0 Å². The van der Waals surface area contributed by atoms with E-state index in [1.54, 1.807) is 31.4 Å². The zero-order chi connectivity index (χ0) is 15.9. The molecule has 0 bridgehead atoms. The molecule has 22 heavy (non-hydrogen) atoms. The highest BCUT2D eigenvalue weighted by Gasteiger charge is 2.10. The maximum Gasteiger partial charge on any atom is 0.238 e. The number of carbonyl (C=O) groups excluding carboxylic acids is 1. The minimum absolute atomic E-state index is 0.0697. The van der Waals surface area contributed by atoms with Crippen LogP contribution in [-0.4, -0.2) is 31.5 Å². The molecule has 1 amide bonds. The molecule has 0 spiro atoms. The predicted octanol–water partition coefficient (Wildman–Crippen LogP) is 3.42. The summed E-state index contributed by atoms with van der Waals surface area (Å²) in [6.45, 7) is 0.929. The van der Waals surface area contributed by atoms with Crippen molar-refractivity contribution in [3.8, 4) is 5.75 Å². The monoisotopic (exact) mass is 318 g/mol. The average molecular weight is 319 g/mol. The van der Waals surface area contributed by atoms with Crippen LogP contribution in [0, 0.1) is 0 Å². The summed E-state index contributed by atoms with van der Waals surface area (Å²) in [5.41, 5.74) is 1.78. The molecule has 1 N–H and O–H groups in total. The van der Waals surface area contributed by atoms with Gasteiger partial charge in [-0.1, -0.05) is 29.8 Å². The van der Waals surface area contributed by atoms with Crippen molar-refractivity contribution in [2.45, 2.75) is 6.54 Å². The van der Waals surface area contributed by atoms with Gasteiger partial charge >= 0.3 is 0 Å². The van der Waals surface area contributed by atoms with Gasteiger partial charge in [0.15, 0.2) is 0 Å². The first-order valence-electron chi connectivity index (χ1n) is 6.94. The number of halogens is 1. The fourth-order valence-electron chi connectivity index (χ4n) is 2.16. The molecule has 116 valence electrons. The highest BCUT2D eigenvalue weighted by Crippen LogP contribution is 2.18. The Morgan fingerprint density at radius 2 is 1.86 bits per heavy atom. The zero-order valence-electron chi connectivity index (χ0n) is 12.7. The van der Waals surface area contributed by atoms with E-state index in [-0.39, 0.29) is 5.91 Å². The van der Waals surface area contributed by atoms with Crippen LogP contribution >= 0.6 is 11.6 Å². The number of anilines is 1. The first-order chi connectivity index (χ1) is 10.6. The lowest BCUT2D eigenvalue weighted by molar-refractivity contribution is -0.117. The van der Waals surface area contributed by atoms with Gasteiger partial charge in [0.2, 0.25) is 5.91 Å². The van der Waals surface area contributed by atoms with Gasteiger partial charge in [0.05, 0.1) is 13.7 Å². The molecule has 0 radical (unpaired) electrons. The second kappa shape index (κ2) is 7.82. The summed E-state index contributed by atoms with van der Waals surface area (Å²) in [4.78, 5) is 14.0. The van der Waals surface area contributed by atoms with Crippen LogP contribution in [0.5, 0.6) is 5.75 Å². The largest absolute Gasteiger partial charge is 0.496 e. The Balaban J connectivity index is 1.89. The lowest BCUT2D eigenvalue weighted by Crippen LogP contribution is -2.29. The SMILES string of the molecule is COc1ccccc1CN(C)CC(=O)Nc1ccc(Cl)cc1. The van der Waals surface area contributed by atoms with Crippen LogP contribution in [0.25, 0.3) is 0 Å². The van der Waals surface area contributed by atoms with Gasteiger partial charge in [0.25, 0.3) is 0 Å². The fraction of sp³-hybridized carbons (Fsp3) is 0.235. The van der Waals surface area contributed by atoms with Gasteiger partial charge in [-0.25, -0.2) is 0 Å². The van der Waals surface area contributed by atoms with E-state index in [0.29, 0.717) is 18.1 Å². The van der Waals surface area contributed by atoms with Crippen LogP contribution in [0.1, 0.15) is 5.56 Å². The van der Waals surface area contributed by atoms with E-state index >= 15 is 0 Å². The van der Waals surface area contributed by atoms with Gasteiger partial charge < -0.3 is 10.1 Å². The molecule has 0 saturated heterocycles. The van der Waals surface area contributed by atoms with Gasteiger partial charge in [-0.15, -0.1) is 0 Å². The zero-order valence-corrected chi connectivity index (χ0v) is 13.4. The molecule has 4 nitrogen and oxygen atoms in total. The molecule has 2 rings (SSSR count). The van der Waals surface area contributed by atoms with Crippen molar-refractivity contribution in [3.63, 3.8) is 0 Å². The lowest BCUT2D eigenvalue weighted by Gasteiger charge is -2.18. The number of ether oxygens (including phenoxy) is 1. The van der Waals surface area contributed by atoms with Crippen molar-refractivity contribution in [1.29, 1.82) is 0 Å². The Hall–Kier alpha value is -2.04. The molecule has 0 aliphatic rings. The number of rotatable bonds is 6. The number of benzene rings is 2. The van der Waals surface area contributed by atoms with Crippen LogP contribution < -0.4 is 10.1 Å². The summed E-state index contributed by atoms with van der Waals surface area (Å²) in [5.74, 6) is 0.757. The predicted molar refractivity (Wildman–Crippen MR) is 89.4 cm³/mol. The van der Waals surface area contributed by atoms with Crippen LogP contribution in [0.4, 0.5) is 5.69 Å². The average Bonchev–Trinajstić information content (AvgIpc) is 2.50. The first-order valence-corrected chi connectivity index (χ1v) is 7.32. The van der Waals surface area contributed by atoms with Crippen molar-refractivity contribution >= 4 is 23.2 Å². The van der Waals surface area contributed by atoms with E-state index in [0.717, 1.165) is 17.0 Å². The smallest absolute Gasteiger partial charge is 0.238 e. The number of nitrogens with zero attached hydrogens (tertiary/aromatic N) is 1. The maximum absolute atomic E-state index is 12.0. The highest BCUT2D eigenvalue weighted by molar-refractivity contribution is 6.30. The molecule has 0 atom stereocenters. The highest BCUT2D eigenvalue weighted by atomic mass is 35.5. The van der Waals surface area contributed by atoms with Crippen molar-refractivity contribution in [2.24, 2.45) is 0 Å². The normalized spacial score (nSPS) is 10.5. The second-order valence-corrected chi connectivity index (χ2v) is 5.48. The Morgan fingerprint density at radius 3 is 2.55 bits per heavy atom. The number of para-hydroxylation sites is 1. The summed E-state index contributed by atoms with van der Waals surface area (Å²) >= 11 is 5.82. The third-order valence-corrected chi connectivity index (χ3v) is 3.43. The molecule has 0 heterocycles. The molecule has 2 aromatic rings. The number of amides is 1. The van der Waals surface area contributed by atoms with Crippen molar-refractivity contribution < 1.29 is 9.53 Å². The molecular weight excluding hydrogens is 300 g/mol. The van der Waals surface area contributed by atoms with Gasteiger partial charge in [0.1, 0.15) is 5.75 Å². The number of hydrogen-bond acceptors (Lipinski definition) is 3. The summed E-state index contributed by atoms with van der Waals surface area (Å²) < 4.78 is 5.32. The van der Waals surface area contributed by atoms with Gasteiger partial charge in [-0.05, 0) is 37.4 Å². The summed E-state index contributed by atoms with van der Waals surface area (Å²) in [6, 6.07) is 14.8. The Morgan fingerprint density at radius 1 is 1.18 bits per heavy atom. The van der Waals surface area contributed by atoms with E-state index in [9.17, 15) is 4.79 Å². The quantitative estimate of drug-likeness (QED) is 0.887. The molecule has 5 heteroatoms. The van der Waals surface area contributed by atoms with E-state index in [1.165, 1.54) is 0 Å². The molecule has 0 unspecified atom stereocenters. The number of carbonyl (C=O) groups is 1. The molecule has 0 saturated carbocycles. The molecule has 0 aromatic heterocycles. The number of methoxy groups -OCH3 is 1. The number of likely N-dealkylation sites (N-methyl/N-ethyl adjacent to an activating group) is 1. The fourth-order valence-corrected chi connectivity index (χ4v) is 2.29. The van der Waals surface area contributed by atoms with Crippen LogP contribution in [0.2, 0.25) is 5.02 Å². The van der Waals surface area contributed by atoms with Crippen LogP contribution in [0.15, 0.2) is 48.5 Å². The van der Waals surface area contributed by atoms with E-state index in [4.69, 9.17) is 16.3 Å². The molecular formula is C17H19ClN2O2. The Labute approximate surface area is 135 Å². The second-order valence-electron chi connectivity index (χ2n) is 5.04. The topological polar surface area (TPSA) is 41.6 Å². The van der Waals surface area contributed by atoms with Crippen LogP contribution in [0.3, 0.4) is 0 Å². The van der Waals surface area contributed by atoms with Crippen LogP contribution in [-0.2, 0) is 11.3 Å². The molecule has 2 aromatic carbocycles. The van der Waals surface area contributed by atoms with Gasteiger partial charge in [0, 0.05) is 22.8 Å². The first kappa shape index (κ1) is 16.3.